The van der Waals surface area contributed by atoms with E-state index in [4.69, 9.17) is 18.9 Å². The van der Waals surface area contributed by atoms with E-state index in [2.05, 4.69) is 13.8 Å². The number of rotatable bonds is 29. The molecule has 6 rings (SSSR count). The lowest BCUT2D eigenvalue weighted by atomic mass is 9.74. The van der Waals surface area contributed by atoms with Crippen molar-refractivity contribution in [3.63, 3.8) is 0 Å². The van der Waals surface area contributed by atoms with Crippen LogP contribution in [0.5, 0.6) is 11.5 Å². The van der Waals surface area contributed by atoms with Crippen molar-refractivity contribution in [2.75, 3.05) is 13.2 Å². The molecule has 0 saturated heterocycles. The Kier molecular flexibility index (Phi) is 22.5. The Labute approximate surface area is 399 Å². The SMILES string of the molecule is CCCCCCCC1CCCCC1CCCOc1ccc(C(=O)O[C@H](c2ccccc2)[C@H](OC(=O)c2ccc(OCCCC3CCCCC3CCCCCCC)cc2)c2ccccc2)cc1. The summed E-state index contributed by atoms with van der Waals surface area (Å²) in [6, 6.07) is 33.4. The van der Waals surface area contributed by atoms with Crippen molar-refractivity contribution in [2.24, 2.45) is 23.7 Å². The molecule has 6 atom stereocenters. The fourth-order valence-corrected chi connectivity index (χ4v) is 10.8. The average Bonchev–Trinajstić information content (AvgIpc) is 3.36. The minimum absolute atomic E-state index is 0.400. The molecule has 358 valence electrons. The van der Waals surface area contributed by atoms with Gasteiger partial charge >= 0.3 is 11.9 Å². The number of carbonyl (C=O) groups is 2. The molecule has 0 bridgehead atoms. The molecule has 0 spiro atoms. The third-order valence-corrected chi connectivity index (χ3v) is 14.6. The largest absolute Gasteiger partial charge is 0.494 e. The van der Waals surface area contributed by atoms with E-state index < -0.39 is 24.1 Å². The lowest BCUT2D eigenvalue weighted by Gasteiger charge is -2.32. The maximum atomic E-state index is 13.9. The summed E-state index contributed by atoms with van der Waals surface area (Å²) < 4.78 is 25.0. The van der Waals surface area contributed by atoms with Crippen LogP contribution in [0, 0.1) is 23.7 Å². The Bertz CT molecular complexity index is 1770. The molecular formula is C60H82O6. The number of benzene rings is 4. The molecule has 0 radical (unpaired) electrons. The van der Waals surface area contributed by atoms with Gasteiger partial charge < -0.3 is 18.9 Å². The van der Waals surface area contributed by atoms with Gasteiger partial charge in [0.2, 0.25) is 0 Å². The Morgan fingerprint density at radius 1 is 0.424 bits per heavy atom. The highest BCUT2D eigenvalue weighted by Crippen LogP contribution is 2.39. The Balaban J connectivity index is 1.02. The third kappa shape index (κ3) is 16.9. The van der Waals surface area contributed by atoms with Crippen molar-refractivity contribution >= 4 is 11.9 Å². The highest BCUT2D eigenvalue weighted by molar-refractivity contribution is 5.90. The summed E-state index contributed by atoms with van der Waals surface area (Å²) in [5.74, 6) is 3.84. The normalized spacial score (nSPS) is 19.4. The second-order valence-electron chi connectivity index (χ2n) is 19.5. The van der Waals surface area contributed by atoms with Gasteiger partial charge in [-0.1, -0.05) is 203 Å². The van der Waals surface area contributed by atoms with Crippen molar-refractivity contribution in [3.8, 4) is 11.5 Å². The first-order valence-corrected chi connectivity index (χ1v) is 26.5. The predicted molar refractivity (Wildman–Crippen MR) is 269 cm³/mol. The van der Waals surface area contributed by atoms with E-state index in [-0.39, 0.29) is 0 Å². The third-order valence-electron chi connectivity index (χ3n) is 14.6. The fourth-order valence-electron chi connectivity index (χ4n) is 10.8. The molecule has 2 fully saturated rings. The summed E-state index contributed by atoms with van der Waals surface area (Å²) in [5.41, 5.74) is 2.24. The first kappa shape index (κ1) is 50.8. The summed E-state index contributed by atoms with van der Waals surface area (Å²) in [6.45, 7) is 5.90. The molecule has 6 nitrogen and oxygen atoms in total. The molecular weight excluding hydrogens is 817 g/mol. The summed E-state index contributed by atoms with van der Waals surface area (Å²) in [4.78, 5) is 27.9. The van der Waals surface area contributed by atoms with Crippen molar-refractivity contribution in [2.45, 2.75) is 180 Å². The molecule has 0 heterocycles. The van der Waals surface area contributed by atoms with Gasteiger partial charge in [0.1, 0.15) is 11.5 Å². The smallest absolute Gasteiger partial charge is 0.338 e. The van der Waals surface area contributed by atoms with Gasteiger partial charge in [0.05, 0.1) is 24.3 Å². The second kappa shape index (κ2) is 29.2. The molecule has 4 aromatic carbocycles. The van der Waals surface area contributed by atoms with Gasteiger partial charge in [0.25, 0.3) is 0 Å². The molecule has 0 N–H and O–H groups in total. The van der Waals surface area contributed by atoms with Crippen LogP contribution in [0.4, 0.5) is 0 Å². The molecule has 2 aliphatic carbocycles. The molecule has 6 heteroatoms. The molecule has 4 aromatic rings. The first-order chi connectivity index (χ1) is 32.5. The number of unbranched alkanes of at least 4 members (excludes halogenated alkanes) is 8. The van der Waals surface area contributed by atoms with E-state index in [0.29, 0.717) is 24.3 Å². The van der Waals surface area contributed by atoms with Crippen molar-refractivity contribution in [1.29, 1.82) is 0 Å². The van der Waals surface area contributed by atoms with Crippen molar-refractivity contribution < 1.29 is 28.5 Å². The first-order valence-electron chi connectivity index (χ1n) is 26.5. The predicted octanol–water partition coefficient (Wildman–Crippen LogP) is 16.8. The maximum absolute atomic E-state index is 13.9. The van der Waals surface area contributed by atoms with E-state index >= 15 is 0 Å². The van der Waals surface area contributed by atoms with Crippen LogP contribution < -0.4 is 9.47 Å². The number of hydrogen-bond acceptors (Lipinski definition) is 6. The van der Waals surface area contributed by atoms with Gasteiger partial charge in [-0.05, 0) is 109 Å². The van der Waals surface area contributed by atoms with E-state index in [1.807, 2.05) is 84.9 Å². The van der Waals surface area contributed by atoms with Crippen LogP contribution in [0.2, 0.25) is 0 Å². The summed E-state index contributed by atoms with van der Waals surface area (Å²) in [7, 11) is 0. The second-order valence-corrected chi connectivity index (χ2v) is 19.5. The van der Waals surface area contributed by atoms with Gasteiger partial charge in [-0.3, -0.25) is 0 Å². The number of ether oxygens (including phenoxy) is 4. The van der Waals surface area contributed by atoms with Crippen LogP contribution in [0.3, 0.4) is 0 Å². The van der Waals surface area contributed by atoms with Crippen LogP contribution in [-0.2, 0) is 9.47 Å². The molecule has 0 aromatic heterocycles. The topological polar surface area (TPSA) is 71.1 Å². The minimum atomic E-state index is -0.909. The zero-order valence-electron chi connectivity index (χ0n) is 40.7. The summed E-state index contributed by atoms with van der Waals surface area (Å²) in [6.07, 6.45) is 30.0. The van der Waals surface area contributed by atoms with E-state index in [1.54, 1.807) is 24.3 Å². The maximum Gasteiger partial charge on any atom is 0.338 e. The van der Waals surface area contributed by atoms with Gasteiger partial charge in [0.15, 0.2) is 12.2 Å². The lowest BCUT2D eigenvalue weighted by molar-refractivity contribution is -0.0388. The summed E-state index contributed by atoms with van der Waals surface area (Å²) >= 11 is 0. The number of hydrogen-bond donors (Lipinski definition) is 0. The Morgan fingerprint density at radius 2 is 0.758 bits per heavy atom. The zero-order valence-corrected chi connectivity index (χ0v) is 40.7. The van der Waals surface area contributed by atoms with Gasteiger partial charge in [0, 0.05) is 0 Å². The monoisotopic (exact) mass is 899 g/mol. The zero-order chi connectivity index (χ0) is 46.0. The van der Waals surface area contributed by atoms with E-state index in [9.17, 15) is 9.59 Å². The average molecular weight is 899 g/mol. The number of esters is 2. The lowest BCUT2D eigenvalue weighted by Crippen LogP contribution is -2.23. The fraction of sp³-hybridized carbons (Fsp3) is 0.567. The van der Waals surface area contributed by atoms with Crippen LogP contribution >= 0.6 is 0 Å². The van der Waals surface area contributed by atoms with Crippen LogP contribution in [0.25, 0.3) is 0 Å². The highest BCUT2D eigenvalue weighted by atomic mass is 16.6. The molecule has 66 heavy (non-hydrogen) atoms. The highest BCUT2D eigenvalue weighted by Gasteiger charge is 2.33. The van der Waals surface area contributed by atoms with Crippen molar-refractivity contribution in [3.05, 3.63) is 131 Å². The minimum Gasteiger partial charge on any atom is -0.494 e. The molecule has 0 amide bonds. The quantitative estimate of drug-likeness (QED) is 0.0399. The van der Waals surface area contributed by atoms with Gasteiger partial charge in [-0.25, -0.2) is 9.59 Å². The molecule has 4 unspecified atom stereocenters. The van der Waals surface area contributed by atoms with Crippen LogP contribution in [0.1, 0.15) is 212 Å². The van der Waals surface area contributed by atoms with Crippen LogP contribution in [-0.4, -0.2) is 25.2 Å². The van der Waals surface area contributed by atoms with Gasteiger partial charge in [-0.2, -0.15) is 0 Å². The van der Waals surface area contributed by atoms with Gasteiger partial charge in [-0.15, -0.1) is 0 Å². The molecule has 2 saturated carbocycles. The standard InChI is InChI=1S/C60H82O6/c1-3-5-7-9-13-25-47-27-19-21-29-49(47)35-23-45-63-55-41-37-53(38-42-55)59(61)65-57(51-31-15-11-16-32-51)58(52-33-17-12-18-34-52)66-60(62)54-39-43-56(44-40-54)64-46-24-36-50-30-22-20-28-48(50)26-14-10-8-6-4-2/h11-12,15-18,31-34,37-44,47-50,57-58H,3-10,13-14,19-30,35-36,45-46H2,1-2H3/t47?,48?,49?,50?,57-,58-/m1/s1. The molecule has 0 aliphatic heterocycles. The number of carbonyl (C=O) groups excluding carboxylic acids is 2. The molecule has 2 aliphatic rings. The van der Waals surface area contributed by atoms with E-state index in [1.165, 1.54) is 141 Å². The summed E-state index contributed by atoms with van der Waals surface area (Å²) in [5, 5.41) is 0. The van der Waals surface area contributed by atoms with Crippen molar-refractivity contribution in [1.82, 2.24) is 0 Å². The Hall–Kier alpha value is -4.58. The Morgan fingerprint density at radius 3 is 1.11 bits per heavy atom. The van der Waals surface area contributed by atoms with E-state index in [0.717, 1.165) is 59.1 Å². The van der Waals surface area contributed by atoms with Crippen LogP contribution in [0.15, 0.2) is 109 Å².